The van der Waals surface area contributed by atoms with Crippen molar-refractivity contribution in [3.63, 3.8) is 0 Å². The van der Waals surface area contributed by atoms with Gasteiger partial charge in [0, 0.05) is 18.2 Å². The van der Waals surface area contributed by atoms with Gasteiger partial charge in [-0.1, -0.05) is 36.8 Å². The Labute approximate surface area is 118 Å². The second kappa shape index (κ2) is 6.01. The maximum atomic E-state index is 12.3. The van der Waals surface area contributed by atoms with Crippen LogP contribution in [0.4, 0.5) is 0 Å². The van der Waals surface area contributed by atoms with Gasteiger partial charge in [0.15, 0.2) is 0 Å². The number of benzene rings is 1. The lowest BCUT2D eigenvalue weighted by atomic mass is 10.1. The maximum Gasteiger partial charge on any atom is 0.267 e. The lowest BCUT2D eigenvalue weighted by Crippen LogP contribution is -2.32. The summed E-state index contributed by atoms with van der Waals surface area (Å²) in [5, 5.41) is 7.75. The summed E-state index contributed by atoms with van der Waals surface area (Å²) in [5.74, 6) is 0. The van der Waals surface area contributed by atoms with Gasteiger partial charge in [0.1, 0.15) is 0 Å². The van der Waals surface area contributed by atoms with Crippen LogP contribution >= 0.6 is 0 Å². The largest absolute Gasteiger partial charge is 0.315 e. The Bertz CT molecular complexity index is 613. The van der Waals surface area contributed by atoms with Crippen LogP contribution in [0.1, 0.15) is 25.3 Å². The second-order valence-corrected chi connectivity index (χ2v) is 5.25. The third-order valence-electron chi connectivity index (χ3n) is 3.80. The van der Waals surface area contributed by atoms with Crippen molar-refractivity contribution < 1.29 is 0 Å². The van der Waals surface area contributed by atoms with E-state index < -0.39 is 0 Å². The SMILES string of the molecule is O=c1cc(-c2ccccc2)cnn1C1CCCCNC1. The van der Waals surface area contributed by atoms with E-state index in [1.165, 1.54) is 6.42 Å². The fourth-order valence-electron chi connectivity index (χ4n) is 2.69. The standard InChI is InChI=1S/C16H19N3O/c20-16-10-14(13-6-2-1-3-7-13)11-18-19(16)15-8-4-5-9-17-12-15/h1-3,6-7,10-11,15,17H,4-5,8-9,12H2. The van der Waals surface area contributed by atoms with E-state index in [0.717, 1.165) is 37.1 Å². The number of rotatable bonds is 2. The summed E-state index contributed by atoms with van der Waals surface area (Å²) < 4.78 is 1.63. The summed E-state index contributed by atoms with van der Waals surface area (Å²) in [7, 11) is 0. The lowest BCUT2D eigenvalue weighted by Gasteiger charge is -2.16. The minimum Gasteiger partial charge on any atom is -0.315 e. The van der Waals surface area contributed by atoms with Crippen LogP contribution in [0.5, 0.6) is 0 Å². The Kier molecular flexibility index (Phi) is 3.92. The van der Waals surface area contributed by atoms with E-state index in [1.807, 2.05) is 30.3 Å². The highest BCUT2D eigenvalue weighted by atomic mass is 16.1. The van der Waals surface area contributed by atoms with Crippen molar-refractivity contribution in [2.75, 3.05) is 13.1 Å². The zero-order valence-electron chi connectivity index (χ0n) is 11.5. The van der Waals surface area contributed by atoms with Crippen molar-refractivity contribution in [1.29, 1.82) is 0 Å². The lowest BCUT2D eigenvalue weighted by molar-refractivity contribution is 0.404. The molecule has 104 valence electrons. The van der Waals surface area contributed by atoms with Gasteiger partial charge >= 0.3 is 0 Å². The summed E-state index contributed by atoms with van der Waals surface area (Å²) in [6.07, 6.45) is 5.13. The predicted molar refractivity (Wildman–Crippen MR) is 79.7 cm³/mol. The smallest absolute Gasteiger partial charge is 0.267 e. The third kappa shape index (κ3) is 2.80. The zero-order valence-corrected chi connectivity index (χ0v) is 11.5. The zero-order chi connectivity index (χ0) is 13.8. The van der Waals surface area contributed by atoms with Crippen LogP contribution in [-0.4, -0.2) is 22.9 Å². The van der Waals surface area contributed by atoms with Gasteiger partial charge in [-0.3, -0.25) is 4.79 Å². The van der Waals surface area contributed by atoms with E-state index in [4.69, 9.17) is 0 Å². The Morgan fingerprint density at radius 3 is 2.80 bits per heavy atom. The molecule has 1 saturated heterocycles. The summed E-state index contributed by atoms with van der Waals surface area (Å²) in [5.41, 5.74) is 1.90. The highest BCUT2D eigenvalue weighted by molar-refractivity contribution is 5.61. The van der Waals surface area contributed by atoms with Gasteiger partial charge in [0.2, 0.25) is 0 Å². The fraction of sp³-hybridized carbons (Fsp3) is 0.375. The predicted octanol–water partition coefficient (Wildman–Crippen LogP) is 2.22. The summed E-state index contributed by atoms with van der Waals surface area (Å²) in [4.78, 5) is 12.3. The van der Waals surface area contributed by atoms with E-state index in [-0.39, 0.29) is 11.6 Å². The van der Waals surface area contributed by atoms with E-state index in [0.29, 0.717) is 0 Å². The molecule has 3 rings (SSSR count). The second-order valence-electron chi connectivity index (χ2n) is 5.25. The van der Waals surface area contributed by atoms with Crippen molar-refractivity contribution >= 4 is 0 Å². The number of hydrogen-bond donors (Lipinski definition) is 1. The molecule has 1 aromatic heterocycles. The number of nitrogens with zero attached hydrogens (tertiary/aromatic N) is 2. The summed E-state index contributed by atoms with van der Waals surface area (Å²) in [6, 6.07) is 11.8. The van der Waals surface area contributed by atoms with Crippen LogP contribution in [0.25, 0.3) is 11.1 Å². The van der Waals surface area contributed by atoms with Gasteiger partial charge in [-0.2, -0.15) is 5.10 Å². The fourth-order valence-corrected chi connectivity index (χ4v) is 2.69. The first-order valence-corrected chi connectivity index (χ1v) is 7.19. The molecule has 1 N–H and O–H groups in total. The molecule has 0 radical (unpaired) electrons. The van der Waals surface area contributed by atoms with E-state index >= 15 is 0 Å². The van der Waals surface area contributed by atoms with Crippen LogP contribution in [0.2, 0.25) is 0 Å². The first kappa shape index (κ1) is 13.1. The highest BCUT2D eigenvalue weighted by Gasteiger charge is 2.16. The molecule has 1 fully saturated rings. The maximum absolute atomic E-state index is 12.3. The van der Waals surface area contributed by atoms with Crippen molar-refractivity contribution in [2.45, 2.75) is 25.3 Å². The molecule has 1 atom stereocenters. The summed E-state index contributed by atoms with van der Waals surface area (Å²) >= 11 is 0. The van der Waals surface area contributed by atoms with Gasteiger partial charge in [-0.25, -0.2) is 4.68 Å². The Morgan fingerprint density at radius 1 is 1.15 bits per heavy atom. The minimum atomic E-state index is -0.0138. The molecular formula is C16H19N3O. The van der Waals surface area contributed by atoms with Gasteiger partial charge in [0.25, 0.3) is 5.56 Å². The number of nitrogens with one attached hydrogen (secondary N) is 1. The van der Waals surface area contributed by atoms with Crippen LogP contribution in [0.3, 0.4) is 0 Å². The minimum absolute atomic E-state index is 0.0138. The molecular weight excluding hydrogens is 250 g/mol. The molecule has 1 aromatic carbocycles. The molecule has 1 unspecified atom stereocenters. The molecule has 1 aliphatic rings. The average Bonchev–Trinajstić information content (AvgIpc) is 2.77. The van der Waals surface area contributed by atoms with Crippen LogP contribution < -0.4 is 10.9 Å². The first-order chi connectivity index (χ1) is 9.84. The average molecular weight is 269 g/mol. The molecule has 0 bridgehead atoms. The Balaban J connectivity index is 1.89. The highest BCUT2D eigenvalue weighted by Crippen LogP contribution is 2.18. The van der Waals surface area contributed by atoms with Gasteiger partial charge < -0.3 is 5.32 Å². The van der Waals surface area contributed by atoms with Crippen LogP contribution in [0, 0.1) is 0 Å². The first-order valence-electron chi connectivity index (χ1n) is 7.19. The van der Waals surface area contributed by atoms with Gasteiger partial charge in [-0.15, -0.1) is 0 Å². The molecule has 4 heteroatoms. The van der Waals surface area contributed by atoms with Gasteiger partial charge in [-0.05, 0) is 24.9 Å². The molecule has 0 amide bonds. The third-order valence-corrected chi connectivity index (χ3v) is 3.80. The monoisotopic (exact) mass is 269 g/mol. The quantitative estimate of drug-likeness (QED) is 0.909. The van der Waals surface area contributed by atoms with Crippen LogP contribution in [0.15, 0.2) is 47.4 Å². The van der Waals surface area contributed by atoms with E-state index in [9.17, 15) is 4.79 Å². The molecule has 2 heterocycles. The molecule has 2 aromatic rings. The Hall–Kier alpha value is -1.94. The molecule has 0 spiro atoms. The molecule has 0 aliphatic carbocycles. The topological polar surface area (TPSA) is 46.9 Å². The molecule has 4 nitrogen and oxygen atoms in total. The van der Waals surface area contributed by atoms with Crippen molar-refractivity contribution in [3.8, 4) is 11.1 Å². The van der Waals surface area contributed by atoms with E-state index in [2.05, 4.69) is 10.4 Å². The van der Waals surface area contributed by atoms with Crippen molar-refractivity contribution in [3.05, 3.63) is 52.9 Å². The summed E-state index contributed by atoms with van der Waals surface area (Å²) in [6.45, 7) is 1.87. The molecule has 20 heavy (non-hydrogen) atoms. The normalized spacial score (nSPS) is 19.5. The van der Waals surface area contributed by atoms with E-state index in [1.54, 1.807) is 16.9 Å². The van der Waals surface area contributed by atoms with Gasteiger partial charge in [0.05, 0.1) is 12.2 Å². The van der Waals surface area contributed by atoms with Crippen LogP contribution in [-0.2, 0) is 0 Å². The number of hydrogen-bond acceptors (Lipinski definition) is 3. The number of aromatic nitrogens is 2. The van der Waals surface area contributed by atoms with Crippen molar-refractivity contribution in [2.24, 2.45) is 0 Å². The Morgan fingerprint density at radius 2 is 2.00 bits per heavy atom. The van der Waals surface area contributed by atoms with Crippen molar-refractivity contribution in [1.82, 2.24) is 15.1 Å². The molecule has 1 aliphatic heterocycles. The molecule has 0 saturated carbocycles.